The van der Waals surface area contributed by atoms with Crippen LogP contribution in [-0.4, -0.2) is 14.6 Å². The summed E-state index contributed by atoms with van der Waals surface area (Å²) in [5.74, 6) is 0.777. The van der Waals surface area contributed by atoms with Crippen molar-refractivity contribution in [2.24, 2.45) is 0 Å². The molecule has 0 bridgehead atoms. The van der Waals surface area contributed by atoms with Crippen molar-refractivity contribution >= 4 is 57.3 Å². The Morgan fingerprint density at radius 3 is 2.80 bits per heavy atom. The first-order valence-electron chi connectivity index (χ1n) is 5.81. The van der Waals surface area contributed by atoms with Crippen molar-refractivity contribution in [3.63, 3.8) is 0 Å². The lowest BCUT2D eigenvalue weighted by Gasteiger charge is -2.07. The van der Waals surface area contributed by atoms with Gasteiger partial charge in [0.2, 0.25) is 0 Å². The highest BCUT2D eigenvalue weighted by Crippen LogP contribution is 2.23. The summed E-state index contributed by atoms with van der Waals surface area (Å²) in [6.45, 7) is 0.626. The van der Waals surface area contributed by atoms with Crippen LogP contribution in [0.3, 0.4) is 0 Å². The summed E-state index contributed by atoms with van der Waals surface area (Å²) in [4.78, 5) is 4.23. The minimum Gasteiger partial charge on any atom is -0.365 e. The van der Waals surface area contributed by atoms with Crippen molar-refractivity contribution in [3.8, 4) is 0 Å². The van der Waals surface area contributed by atoms with E-state index in [9.17, 15) is 0 Å². The van der Waals surface area contributed by atoms with Crippen LogP contribution in [0.2, 0.25) is 10.0 Å². The molecule has 2 heterocycles. The van der Waals surface area contributed by atoms with Crippen molar-refractivity contribution in [3.05, 3.63) is 55.8 Å². The Bertz CT molecular complexity index is 772. The SMILES string of the molecule is Clc1ccc(CNc2ccc3ncc(I)n3n2)cc1Cl. The van der Waals surface area contributed by atoms with Crippen LogP contribution in [0.25, 0.3) is 5.65 Å². The third-order valence-electron chi connectivity index (χ3n) is 2.78. The van der Waals surface area contributed by atoms with E-state index < -0.39 is 0 Å². The van der Waals surface area contributed by atoms with Gasteiger partial charge in [0.1, 0.15) is 9.52 Å². The number of rotatable bonds is 3. The molecule has 0 amide bonds. The number of anilines is 1. The van der Waals surface area contributed by atoms with Gasteiger partial charge >= 0.3 is 0 Å². The van der Waals surface area contributed by atoms with Crippen LogP contribution in [0.4, 0.5) is 5.82 Å². The second-order valence-corrected chi connectivity index (χ2v) is 6.09. The second-order valence-electron chi connectivity index (χ2n) is 4.17. The van der Waals surface area contributed by atoms with Gasteiger partial charge in [0.05, 0.1) is 16.2 Å². The lowest BCUT2D eigenvalue weighted by atomic mass is 10.2. The molecule has 4 nitrogen and oxygen atoms in total. The number of hydrogen-bond donors (Lipinski definition) is 1. The Hall–Kier alpha value is -1.05. The molecule has 0 saturated heterocycles. The van der Waals surface area contributed by atoms with Crippen molar-refractivity contribution in [1.29, 1.82) is 0 Å². The molecule has 2 aromatic heterocycles. The molecular formula is C13H9Cl2IN4. The molecule has 1 aromatic carbocycles. The van der Waals surface area contributed by atoms with Gasteiger partial charge in [0, 0.05) is 6.54 Å². The van der Waals surface area contributed by atoms with Crippen LogP contribution in [0.5, 0.6) is 0 Å². The van der Waals surface area contributed by atoms with Crippen LogP contribution < -0.4 is 5.32 Å². The lowest BCUT2D eigenvalue weighted by molar-refractivity contribution is 0.905. The molecule has 0 fully saturated rings. The highest BCUT2D eigenvalue weighted by Gasteiger charge is 2.04. The number of nitrogens with zero attached hydrogens (tertiary/aromatic N) is 3. The molecule has 0 unspecified atom stereocenters. The molecule has 7 heteroatoms. The van der Waals surface area contributed by atoms with Crippen molar-refractivity contribution in [2.75, 3.05) is 5.32 Å². The smallest absolute Gasteiger partial charge is 0.154 e. The first-order valence-corrected chi connectivity index (χ1v) is 7.65. The van der Waals surface area contributed by atoms with E-state index in [1.165, 1.54) is 0 Å². The minimum absolute atomic E-state index is 0.554. The topological polar surface area (TPSA) is 42.2 Å². The molecule has 0 aliphatic heterocycles. The van der Waals surface area contributed by atoms with Gasteiger partial charge < -0.3 is 5.32 Å². The van der Waals surface area contributed by atoms with Crippen molar-refractivity contribution < 1.29 is 0 Å². The number of nitrogens with one attached hydrogen (secondary N) is 1. The molecule has 0 spiro atoms. The standard InChI is InChI=1S/C13H9Cl2IN4/c14-9-2-1-8(5-10(9)15)6-17-12-3-4-13-18-7-11(16)20(13)19-12/h1-5,7H,6H2,(H,17,19). The van der Waals surface area contributed by atoms with E-state index in [4.69, 9.17) is 23.2 Å². The Morgan fingerprint density at radius 2 is 2.00 bits per heavy atom. The average Bonchev–Trinajstić information content (AvgIpc) is 2.81. The van der Waals surface area contributed by atoms with E-state index in [1.807, 2.05) is 24.3 Å². The van der Waals surface area contributed by atoms with Gasteiger partial charge in [-0.05, 0) is 52.4 Å². The molecule has 3 rings (SSSR count). The first-order chi connectivity index (χ1) is 9.63. The average molecular weight is 419 g/mol. The zero-order valence-electron chi connectivity index (χ0n) is 10.1. The van der Waals surface area contributed by atoms with Crippen LogP contribution in [0, 0.1) is 3.70 Å². The first kappa shape index (κ1) is 13.9. The van der Waals surface area contributed by atoms with Crippen molar-refractivity contribution in [2.45, 2.75) is 6.54 Å². The number of halogens is 3. The van der Waals surface area contributed by atoms with Gasteiger partial charge in [-0.25, -0.2) is 9.50 Å². The number of imidazole rings is 1. The van der Waals surface area contributed by atoms with Crippen LogP contribution >= 0.6 is 45.8 Å². The molecule has 1 N–H and O–H groups in total. The predicted octanol–water partition coefficient (Wildman–Crippen LogP) is 4.25. The fourth-order valence-corrected chi connectivity index (χ4v) is 2.60. The maximum atomic E-state index is 5.99. The van der Waals surface area contributed by atoms with Crippen LogP contribution in [0.1, 0.15) is 5.56 Å². The maximum Gasteiger partial charge on any atom is 0.154 e. The zero-order valence-corrected chi connectivity index (χ0v) is 13.8. The lowest BCUT2D eigenvalue weighted by Crippen LogP contribution is -2.04. The third-order valence-corrected chi connectivity index (χ3v) is 4.25. The van der Waals surface area contributed by atoms with E-state index in [0.717, 1.165) is 20.7 Å². The largest absolute Gasteiger partial charge is 0.365 e. The van der Waals surface area contributed by atoms with Crippen molar-refractivity contribution in [1.82, 2.24) is 14.6 Å². The number of fused-ring (bicyclic) bond motifs is 1. The second kappa shape index (κ2) is 5.75. The van der Waals surface area contributed by atoms with E-state index in [-0.39, 0.29) is 0 Å². The third kappa shape index (κ3) is 2.84. The van der Waals surface area contributed by atoms with Gasteiger partial charge in [-0.2, -0.15) is 0 Å². The summed E-state index contributed by atoms with van der Waals surface area (Å²) >= 11 is 14.1. The minimum atomic E-state index is 0.554. The van der Waals surface area contributed by atoms with E-state index >= 15 is 0 Å². The monoisotopic (exact) mass is 418 g/mol. The molecule has 0 aliphatic carbocycles. The van der Waals surface area contributed by atoms with Gasteiger partial charge in [-0.1, -0.05) is 29.3 Å². The number of hydrogen-bond acceptors (Lipinski definition) is 3. The maximum absolute atomic E-state index is 5.99. The Labute approximate surface area is 139 Å². The van der Waals surface area contributed by atoms with E-state index in [1.54, 1.807) is 16.8 Å². The quantitative estimate of drug-likeness (QED) is 0.646. The van der Waals surface area contributed by atoms with Crippen LogP contribution in [0.15, 0.2) is 36.5 Å². The fourth-order valence-electron chi connectivity index (χ4n) is 1.78. The normalized spacial score (nSPS) is 10.9. The van der Waals surface area contributed by atoms with Gasteiger partial charge in [0.15, 0.2) is 5.65 Å². The summed E-state index contributed by atoms with van der Waals surface area (Å²) in [6.07, 6.45) is 1.78. The highest BCUT2D eigenvalue weighted by molar-refractivity contribution is 14.1. The van der Waals surface area contributed by atoms with E-state index in [2.05, 4.69) is 38.0 Å². The fraction of sp³-hybridized carbons (Fsp3) is 0.0769. The summed E-state index contributed by atoms with van der Waals surface area (Å²) in [5, 5.41) is 8.83. The summed E-state index contributed by atoms with van der Waals surface area (Å²) in [7, 11) is 0. The summed E-state index contributed by atoms with van der Waals surface area (Å²) in [5.41, 5.74) is 1.87. The van der Waals surface area contributed by atoms with Gasteiger partial charge in [-0.15, -0.1) is 5.10 Å². The predicted molar refractivity (Wildman–Crippen MR) is 89.5 cm³/mol. The molecule has 0 radical (unpaired) electrons. The van der Waals surface area contributed by atoms with Crippen LogP contribution in [-0.2, 0) is 6.54 Å². The molecule has 0 atom stereocenters. The molecule has 0 saturated carbocycles. The molecule has 0 aliphatic rings. The molecular weight excluding hydrogens is 410 g/mol. The highest BCUT2D eigenvalue weighted by atomic mass is 127. The summed E-state index contributed by atoms with van der Waals surface area (Å²) < 4.78 is 2.76. The number of aromatic nitrogens is 3. The van der Waals surface area contributed by atoms with Gasteiger partial charge in [-0.3, -0.25) is 0 Å². The van der Waals surface area contributed by atoms with Gasteiger partial charge in [0.25, 0.3) is 0 Å². The Morgan fingerprint density at radius 1 is 1.15 bits per heavy atom. The molecule has 3 aromatic rings. The Balaban J connectivity index is 1.79. The Kier molecular flexibility index (Phi) is 4.00. The zero-order chi connectivity index (χ0) is 14.1. The van der Waals surface area contributed by atoms with E-state index in [0.29, 0.717) is 16.6 Å². The number of benzene rings is 1. The molecule has 20 heavy (non-hydrogen) atoms. The summed E-state index contributed by atoms with van der Waals surface area (Å²) in [6, 6.07) is 9.38. The molecule has 102 valence electrons.